The predicted octanol–water partition coefficient (Wildman–Crippen LogP) is 3.34. The molecule has 0 amide bonds. The lowest BCUT2D eigenvalue weighted by atomic mass is 10.1. The maximum absolute atomic E-state index is 12.7. The molecule has 2 aromatic rings. The van der Waals surface area contributed by atoms with Crippen LogP contribution >= 0.6 is 11.3 Å². The van der Waals surface area contributed by atoms with Gasteiger partial charge in [-0.3, -0.25) is 4.79 Å². The number of nitrogens with two attached hydrogens (primary N) is 1. The van der Waals surface area contributed by atoms with Crippen molar-refractivity contribution >= 4 is 22.4 Å². The number of carbonyl (C=O) groups excluding carboxylic acids is 1. The van der Waals surface area contributed by atoms with E-state index in [9.17, 15) is 18.0 Å². The Morgan fingerprint density at radius 1 is 1.40 bits per heavy atom. The largest absolute Gasteiger partial charge is 0.416 e. The van der Waals surface area contributed by atoms with E-state index >= 15 is 0 Å². The van der Waals surface area contributed by atoms with E-state index in [1.807, 2.05) is 0 Å². The molecule has 1 aromatic heterocycles. The lowest BCUT2D eigenvalue weighted by molar-refractivity contribution is -0.137. The van der Waals surface area contributed by atoms with Gasteiger partial charge in [-0.15, -0.1) is 0 Å². The van der Waals surface area contributed by atoms with Crippen LogP contribution in [0.1, 0.15) is 12.5 Å². The first-order chi connectivity index (χ1) is 9.27. The summed E-state index contributed by atoms with van der Waals surface area (Å²) in [5, 5.41) is 0.105. The van der Waals surface area contributed by atoms with Crippen molar-refractivity contribution in [3.8, 4) is 16.3 Å². The number of nitrogen functional groups attached to an aromatic ring is 1. The molecule has 0 radical (unpaired) electrons. The van der Waals surface area contributed by atoms with Crippen molar-refractivity contribution in [2.24, 2.45) is 0 Å². The summed E-state index contributed by atoms with van der Waals surface area (Å²) < 4.78 is 42.9. The van der Waals surface area contributed by atoms with Crippen LogP contribution in [-0.4, -0.2) is 11.0 Å². The number of hydrogen-bond donors (Lipinski definition) is 1. The zero-order valence-corrected chi connectivity index (χ0v) is 11.0. The van der Waals surface area contributed by atoms with Gasteiger partial charge in [0.1, 0.15) is 4.88 Å². The maximum Gasteiger partial charge on any atom is 0.416 e. The van der Waals surface area contributed by atoms with Crippen LogP contribution in [0.4, 0.5) is 18.3 Å². The van der Waals surface area contributed by atoms with Crippen LogP contribution in [0.5, 0.6) is 5.88 Å². The van der Waals surface area contributed by atoms with Crippen LogP contribution in [-0.2, 0) is 11.0 Å². The Kier molecular flexibility index (Phi) is 3.67. The van der Waals surface area contributed by atoms with Crippen LogP contribution in [0.25, 0.3) is 10.4 Å². The monoisotopic (exact) mass is 302 g/mol. The lowest BCUT2D eigenvalue weighted by Crippen LogP contribution is -2.05. The van der Waals surface area contributed by atoms with E-state index in [0.29, 0.717) is 0 Å². The van der Waals surface area contributed by atoms with Gasteiger partial charge in [0, 0.05) is 6.92 Å². The number of carbonyl (C=O) groups is 1. The van der Waals surface area contributed by atoms with Crippen molar-refractivity contribution in [2.45, 2.75) is 13.1 Å². The van der Waals surface area contributed by atoms with E-state index in [1.165, 1.54) is 19.1 Å². The molecule has 8 heteroatoms. The topological polar surface area (TPSA) is 65.2 Å². The number of ether oxygens (including phenoxy) is 1. The molecule has 2 rings (SSSR count). The molecule has 0 saturated carbocycles. The van der Waals surface area contributed by atoms with Crippen molar-refractivity contribution < 1.29 is 22.7 Å². The van der Waals surface area contributed by atoms with Gasteiger partial charge in [-0.25, -0.2) is 0 Å². The summed E-state index contributed by atoms with van der Waals surface area (Å²) in [6.07, 6.45) is -4.45. The number of benzene rings is 1. The standard InChI is InChI=1S/C12H9F3N2O2S/c1-6(18)19-10-9(20-11(16)17-10)7-3-2-4-8(5-7)12(13,14)15/h2-5H,1H3,(H2,16,17). The molecule has 0 saturated heterocycles. The number of hydrogen-bond acceptors (Lipinski definition) is 5. The number of aromatic nitrogens is 1. The average Bonchev–Trinajstić information content (AvgIpc) is 2.68. The van der Waals surface area contributed by atoms with E-state index in [1.54, 1.807) is 0 Å². The molecule has 0 spiro atoms. The van der Waals surface area contributed by atoms with Crippen LogP contribution in [0.15, 0.2) is 24.3 Å². The number of esters is 1. The molecular weight excluding hydrogens is 293 g/mol. The molecule has 0 fully saturated rings. The number of anilines is 1. The molecule has 20 heavy (non-hydrogen) atoms. The van der Waals surface area contributed by atoms with Crippen LogP contribution in [0.3, 0.4) is 0 Å². The highest BCUT2D eigenvalue weighted by Crippen LogP contribution is 2.39. The number of rotatable bonds is 2. The fraction of sp³-hybridized carbons (Fsp3) is 0.167. The summed E-state index contributed by atoms with van der Waals surface area (Å²) >= 11 is 0.951. The molecule has 0 aliphatic carbocycles. The molecule has 1 aromatic carbocycles. The minimum Gasteiger partial charge on any atom is -0.406 e. The SMILES string of the molecule is CC(=O)Oc1nc(N)sc1-c1cccc(C(F)(F)F)c1. The van der Waals surface area contributed by atoms with E-state index < -0.39 is 17.7 Å². The summed E-state index contributed by atoms with van der Waals surface area (Å²) in [5.41, 5.74) is 4.96. The molecule has 0 bridgehead atoms. The zero-order chi connectivity index (χ0) is 14.9. The van der Waals surface area contributed by atoms with Gasteiger partial charge in [-0.1, -0.05) is 23.5 Å². The Morgan fingerprint density at radius 3 is 2.70 bits per heavy atom. The molecule has 0 aliphatic rings. The van der Waals surface area contributed by atoms with Crippen LogP contribution in [0.2, 0.25) is 0 Å². The van der Waals surface area contributed by atoms with Crippen molar-refractivity contribution in [3.63, 3.8) is 0 Å². The molecule has 1 heterocycles. The molecule has 0 unspecified atom stereocenters. The van der Waals surface area contributed by atoms with Crippen molar-refractivity contribution in [2.75, 3.05) is 5.73 Å². The first kappa shape index (κ1) is 14.3. The van der Waals surface area contributed by atoms with Gasteiger partial charge in [0.25, 0.3) is 0 Å². The second kappa shape index (κ2) is 5.12. The number of alkyl halides is 3. The molecular formula is C12H9F3N2O2S. The molecule has 0 atom stereocenters. The highest BCUT2D eigenvalue weighted by molar-refractivity contribution is 7.19. The Bertz CT molecular complexity index is 652. The highest BCUT2D eigenvalue weighted by atomic mass is 32.1. The third kappa shape index (κ3) is 3.08. The first-order valence-corrected chi connectivity index (χ1v) is 6.21. The summed E-state index contributed by atoms with van der Waals surface area (Å²) in [5.74, 6) is -0.706. The smallest absolute Gasteiger partial charge is 0.406 e. The number of nitrogens with zero attached hydrogens (tertiary/aromatic N) is 1. The quantitative estimate of drug-likeness (QED) is 0.864. The predicted molar refractivity (Wildman–Crippen MR) is 68.3 cm³/mol. The summed E-state index contributed by atoms with van der Waals surface area (Å²) in [7, 11) is 0. The van der Waals surface area contributed by atoms with E-state index in [-0.39, 0.29) is 21.5 Å². The molecule has 2 N–H and O–H groups in total. The van der Waals surface area contributed by atoms with Crippen molar-refractivity contribution in [3.05, 3.63) is 29.8 Å². The van der Waals surface area contributed by atoms with Gasteiger partial charge < -0.3 is 10.5 Å². The number of halogens is 3. The zero-order valence-electron chi connectivity index (χ0n) is 10.2. The van der Waals surface area contributed by atoms with Gasteiger partial charge in [-0.05, 0) is 17.7 Å². The van der Waals surface area contributed by atoms with Gasteiger partial charge in [-0.2, -0.15) is 18.2 Å². The third-order valence-corrected chi connectivity index (χ3v) is 3.22. The van der Waals surface area contributed by atoms with E-state index in [2.05, 4.69) is 4.98 Å². The average molecular weight is 302 g/mol. The molecule has 0 aliphatic heterocycles. The highest BCUT2D eigenvalue weighted by Gasteiger charge is 2.31. The minimum atomic E-state index is -4.45. The van der Waals surface area contributed by atoms with Crippen LogP contribution < -0.4 is 10.5 Å². The van der Waals surface area contributed by atoms with Crippen LogP contribution in [0, 0.1) is 0 Å². The molecule has 4 nitrogen and oxygen atoms in total. The summed E-state index contributed by atoms with van der Waals surface area (Å²) in [6, 6.07) is 4.65. The third-order valence-electron chi connectivity index (χ3n) is 2.31. The normalized spacial score (nSPS) is 11.4. The van der Waals surface area contributed by atoms with Gasteiger partial charge >= 0.3 is 12.1 Å². The summed E-state index contributed by atoms with van der Waals surface area (Å²) in [4.78, 5) is 15.0. The van der Waals surface area contributed by atoms with Crippen molar-refractivity contribution in [1.29, 1.82) is 0 Å². The minimum absolute atomic E-state index is 0.0840. The fourth-order valence-electron chi connectivity index (χ4n) is 1.55. The lowest BCUT2D eigenvalue weighted by Gasteiger charge is -2.08. The Hall–Kier alpha value is -2.09. The van der Waals surface area contributed by atoms with Gasteiger partial charge in [0.05, 0.1) is 5.56 Å². The Morgan fingerprint density at radius 2 is 2.10 bits per heavy atom. The Balaban J connectivity index is 2.49. The first-order valence-electron chi connectivity index (χ1n) is 5.39. The van der Waals surface area contributed by atoms with Crippen molar-refractivity contribution in [1.82, 2.24) is 4.98 Å². The maximum atomic E-state index is 12.7. The Labute approximate surface area is 116 Å². The second-order valence-electron chi connectivity index (χ2n) is 3.86. The fourth-order valence-corrected chi connectivity index (χ4v) is 2.30. The van der Waals surface area contributed by atoms with Gasteiger partial charge in [0.15, 0.2) is 5.13 Å². The van der Waals surface area contributed by atoms with Gasteiger partial charge in [0.2, 0.25) is 5.88 Å². The van der Waals surface area contributed by atoms with E-state index in [4.69, 9.17) is 10.5 Å². The summed E-state index contributed by atoms with van der Waals surface area (Å²) in [6.45, 7) is 1.17. The number of thiazole rings is 1. The second-order valence-corrected chi connectivity index (χ2v) is 4.89. The van der Waals surface area contributed by atoms with E-state index in [0.717, 1.165) is 23.5 Å². The molecule has 106 valence electrons.